The summed E-state index contributed by atoms with van der Waals surface area (Å²) in [6.45, 7) is 0.00336. The standard InChI is InChI=1S/C20H19ClFN3O3/c1-24(12-18(26)23-15-6-4-5-14(22)10-15)20(28)13-9-19(27)25(11-13)17-8-3-2-7-16(17)21/h2-8,10,13H,9,11-12H2,1H3,(H,23,26)/t13-/m0/s1. The van der Waals surface area contributed by atoms with Gasteiger partial charge in [-0.1, -0.05) is 29.8 Å². The molecule has 1 atom stereocenters. The van der Waals surface area contributed by atoms with E-state index in [1.165, 1.54) is 35.0 Å². The summed E-state index contributed by atoms with van der Waals surface area (Å²) in [6, 6.07) is 12.4. The minimum Gasteiger partial charge on any atom is -0.336 e. The van der Waals surface area contributed by atoms with E-state index in [1.54, 1.807) is 30.3 Å². The highest BCUT2D eigenvalue weighted by molar-refractivity contribution is 6.33. The number of hydrogen-bond acceptors (Lipinski definition) is 3. The largest absolute Gasteiger partial charge is 0.336 e. The average molecular weight is 404 g/mol. The molecule has 146 valence electrons. The first-order valence-corrected chi connectivity index (χ1v) is 9.08. The Hall–Kier alpha value is -2.93. The molecule has 2 aromatic carbocycles. The molecule has 28 heavy (non-hydrogen) atoms. The first-order valence-electron chi connectivity index (χ1n) is 8.70. The van der Waals surface area contributed by atoms with Crippen molar-refractivity contribution in [3.8, 4) is 0 Å². The van der Waals surface area contributed by atoms with E-state index < -0.39 is 17.6 Å². The number of benzene rings is 2. The number of para-hydroxylation sites is 1. The number of nitrogens with one attached hydrogen (secondary N) is 1. The third-order valence-electron chi connectivity index (χ3n) is 4.48. The smallest absolute Gasteiger partial charge is 0.243 e. The number of carbonyl (C=O) groups excluding carboxylic acids is 3. The van der Waals surface area contributed by atoms with Gasteiger partial charge in [0.05, 0.1) is 23.2 Å². The number of likely N-dealkylation sites (N-methyl/N-ethyl adjacent to an activating group) is 1. The summed E-state index contributed by atoms with van der Waals surface area (Å²) in [6.07, 6.45) is 0.0555. The van der Waals surface area contributed by atoms with Crippen molar-refractivity contribution in [1.82, 2.24) is 4.90 Å². The van der Waals surface area contributed by atoms with Crippen molar-refractivity contribution in [2.45, 2.75) is 6.42 Å². The van der Waals surface area contributed by atoms with Crippen LogP contribution in [0.1, 0.15) is 6.42 Å². The molecule has 2 aromatic rings. The van der Waals surface area contributed by atoms with E-state index >= 15 is 0 Å². The fraction of sp³-hybridized carbons (Fsp3) is 0.250. The van der Waals surface area contributed by atoms with Crippen molar-refractivity contribution in [3.63, 3.8) is 0 Å². The molecule has 8 heteroatoms. The molecule has 0 unspecified atom stereocenters. The number of anilines is 2. The lowest BCUT2D eigenvalue weighted by Crippen LogP contribution is -2.39. The fourth-order valence-electron chi connectivity index (χ4n) is 3.15. The maximum atomic E-state index is 13.2. The molecule has 0 aromatic heterocycles. The van der Waals surface area contributed by atoms with Gasteiger partial charge in [-0.25, -0.2) is 4.39 Å². The molecule has 0 bridgehead atoms. The molecule has 3 amide bonds. The Balaban J connectivity index is 1.60. The second-order valence-corrected chi connectivity index (χ2v) is 7.02. The quantitative estimate of drug-likeness (QED) is 0.834. The van der Waals surface area contributed by atoms with Gasteiger partial charge in [0.25, 0.3) is 0 Å². The average Bonchev–Trinajstić information content (AvgIpc) is 3.02. The first kappa shape index (κ1) is 19.8. The van der Waals surface area contributed by atoms with Gasteiger partial charge in [0.15, 0.2) is 0 Å². The summed E-state index contributed by atoms with van der Waals surface area (Å²) >= 11 is 6.15. The summed E-state index contributed by atoms with van der Waals surface area (Å²) in [7, 11) is 1.50. The van der Waals surface area contributed by atoms with E-state index in [2.05, 4.69) is 5.32 Å². The fourth-order valence-corrected chi connectivity index (χ4v) is 3.39. The van der Waals surface area contributed by atoms with Gasteiger partial charge in [0.1, 0.15) is 5.82 Å². The van der Waals surface area contributed by atoms with Gasteiger partial charge in [0, 0.05) is 25.7 Å². The summed E-state index contributed by atoms with van der Waals surface area (Å²) in [5, 5.41) is 2.98. The Kier molecular flexibility index (Phi) is 5.94. The molecule has 0 spiro atoms. The van der Waals surface area contributed by atoms with Crippen LogP contribution in [0.15, 0.2) is 48.5 Å². The van der Waals surface area contributed by atoms with E-state index in [4.69, 9.17) is 11.6 Å². The van der Waals surface area contributed by atoms with Gasteiger partial charge in [-0.3, -0.25) is 14.4 Å². The van der Waals surface area contributed by atoms with Crippen molar-refractivity contribution >= 4 is 40.7 Å². The zero-order valence-corrected chi connectivity index (χ0v) is 15.9. The third-order valence-corrected chi connectivity index (χ3v) is 4.80. The van der Waals surface area contributed by atoms with Crippen LogP contribution in [0.3, 0.4) is 0 Å². The van der Waals surface area contributed by atoms with Crippen molar-refractivity contribution in [2.24, 2.45) is 5.92 Å². The van der Waals surface area contributed by atoms with Gasteiger partial charge in [-0.05, 0) is 30.3 Å². The molecule has 3 rings (SSSR count). The van der Waals surface area contributed by atoms with Gasteiger partial charge in [-0.15, -0.1) is 0 Å². The summed E-state index contributed by atoms with van der Waals surface area (Å²) in [4.78, 5) is 39.9. The minimum absolute atomic E-state index is 0.0555. The van der Waals surface area contributed by atoms with E-state index in [-0.39, 0.29) is 31.3 Å². The van der Waals surface area contributed by atoms with Crippen LogP contribution in [0.2, 0.25) is 5.02 Å². The predicted molar refractivity (Wildman–Crippen MR) is 105 cm³/mol. The zero-order valence-electron chi connectivity index (χ0n) is 15.2. The van der Waals surface area contributed by atoms with Crippen LogP contribution in [-0.2, 0) is 14.4 Å². The van der Waals surface area contributed by atoms with Gasteiger partial charge < -0.3 is 15.1 Å². The highest BCUT2D eigenvalue weighted by Gasteiger charge is 2.37. The molecular weight excluding hydrogens is 385 g/mol. The molecule has 1 N–H and O–H groups in total. The molecule has 1 fully saturated rings. The van der Waals surface area contributed by atoms with Gasteiger partial charge >= 0.3 is 0 Å². The second-order valence-electron chi connectivity index (χ2n) is 6.61. The number of amides is 3. The number of hydrogen-bond donors (Lipinski definition) is 1. The predicted octanol–water partition coefficient (Wildman–Crippen LogP) is 2.93. The SMILES string of the molecule is CN(CC(=O)Nc1cccc(F)c1)C(=O)[C@H]1CC(=O)N(c2ccccc2Cl)C1. The molecule has 1 saturated heterocycles. The molecule has 1 heterocycles. The van der Waals surface area contributed by atoms with Crippen LogP contribution in [0.25, 0.3) is 0 Å². The highest BCUT2D eigenvalue weighted by atomic mass is 35.5. The molecule has 0 radical (unpaired) electrons. The normalized spacial score (nSPS) is 16.2. The van der Waals surface area contributed by atoms with E-state index in [9.17, 15) is 18.8 Å². The van der Waals surface area contributed by atoms with Crippen LogP contribution < -0.4 is 10.2 Å². The van der Waals surface area contributed by atoms with E-state index in [1.807, 2.05) is 0 Å². The Bertz CT molecular complexity index is 921. The Morgan fingerprint density at radius 3 is 2.71 bits per heavy atom. The van der Waals surface area contributed by atoms with Crippen LogP contribution in [-0.4, -0.2) is 42.8 Å². The minimum atomic E-state index is -0.559. The Morgan fingerprint density at radius 1 is 1.25 bits per heavy atom. The third kappa shape index (κ3) is 4.48. The van der Waals surface area contributed by atoms with Crippen molar-refractivity contribution in [2.75, 3.05) is 30.4 Å². The Morgan fingerprint density at radius 2 is 2.00 bits per heavy atom. The number of halogens is 2. The molecule has 0 aliphatic carbocycles. The molecular formula is C20H19ClFN3O3. The molecule has 1 aliphatic rings. The van der Waals surface area contributed by atoms with Crippen LogP contribution in [0, 0.1) is 11.7 Å². The molecule has 1 aliphatic heterocycles. The van der Waals surface area contributed by atoms with Gasteiger partial charge in [-0.2, -0.15) is 0 Å². The molecule has 0 saturated carbocycles. The summed E-state index contributed by atoms with van der Waals surface area (Å²) in [5.41, 5.74) is 0.878. The van der Waals surface area contributed by atoms with E-state index in [0.717, 1.165) is 0 Å². The zero-order chi connectivity index (χ0) is 20.3. The van der Waals surface area contributed by atoms with Gasteiger partial charge in [0.2, 0.25) is 17.7 Å². The lowest BCUT2D eigenvalue weighted by molar-refractivity contribution is -0.137. The molecule has 6 nitrogen and oxygen atoms in total. The van der Waals surface area contributed by atoms with Crippen molar-refractivity contribution in [3.05, 3.63) is 59.4 Å². The number of nitrogens with zero attached hydrogens (tertiary/aromatic N) is 2. The number of carbonyl (C=O) groups is 3. The summed E-state index contributed by atoms with van der Waals surface area (Å²) in [5.74, 6) is -1.97. The maximum absolute atomic E-state index is 13.2. The van der Waals surface area contributed by atoms with E-state index in [0.29, 0.717) is 16.4 Å². The number of rotatable bonds is 5. The second kappa shape index (κ2) is 8.39. The maximum Gasteiger partial charge on any atom is 0.243 e. The highest BCUT2D eigenvalue weighted by Crippen LogP contribution is 2.31. The van der Waals surface area contributed by atoms with Crippen molar-refractivity contribution < 1.29 is 18.8 Å². The Labute approximate surface area is 166 Å². The van der Waals surface area contributed by atoms with Crippen LogP contribution >= 0.6 is 11.6 Å². The topological polar surface area (TPSA) is 69.7 Å². The summed E-state index contributed by atoms with van der Waals surface area (Å²) < 4.78 is 13.2. The van der Waals surface area contributed by atoms with Crippen LogP contribution in [0.4, 0.5) is 15.8 Å². The lowest BCUT2D eigenvalue weighted by Gasteiger charge is -2.21. The van der Waals surface area contributed by atoms with Crippen molar-refractivity contribution in [1.29, 1.82) is 0 Å². The van der Waals surface area contributed by atoms with Crippen LogP contribution in [0.5, 0.6) is 0 Å². The lowest BCUT2D eigenvalue weighted by atomic mass is 10.1. The first-order chi connectivity index (χ1) is 13.3. The monoisotopic (exact) mass is 403 g/mol.